The normalized spacial score (nSPS) is 10.5. The molecule has 0 saturated heterocycles. The van der Waals surface area contributed by atoms with Crippen LogP contribution in [-0.4, -0.2) is 36.7 Å². The van der Waals surface area contributed by atoms with Crippen molar-refractivity contribution in [3.05, 3.63) is 46.6 Å². The van der Waals surface area contributed by atoms with Crippen LogP contribution in [-0.2, 0) is 4.79 Å². The fourth-order valence-electron chi connectivity index (χ4n) is 1.73. The second-order valence-electron chi connectivity index (χ2n) is 4.43. The van der Waals surface area contributed by atoms with Gasteiger partial charge in [0.25, 0.3) is 0 Å². The number of anilines is 1. The molecule has 0 radical (unpaired) electrons. The van der Waals surface area contributed by atoms with E-state index in [0.29, 0.717) is 11.0 Å². The Kier molecular flexibility index (Phi) is 4.82. The maximum Gasteiger partial charge on any atom is 0.345 e. The molecule has 0 saturated carbocycles. The van der Waals surface area contributed by atoms with Crippen LogP contribution >= 0.6 is 23.1 Å². The van der Waals surface area contributed by atoms with E-state index in [-0.39, 0.29) is 21.8 Å². The Hall–Kier alpha value is -2.79. The van der Waals surface area contributed by atoms with Crippen LogP contribution in [0.3, 0.4) is 0 Å². The molecule has 0 bridgehead atoms. The zero-order chi connectivity index (χ0) is 16.9. The van der Waals surface area contributed by atoms with Crippen LogP contribution in [0.15, 0.2) is 41.7 Å². The summed E-state index contributed by atoms with van der Waals surface area (Å²) in [6, 6.07) is 9.49. The first kappa shape index (κ1) is 16.1. The molecule has 0 unspecified atom stereocenters. The van der Waals surface area contributed by atoms with Crippen LogP contribution in [0, 0.1) is 10.1 Å². The smallest absolute Gasteiger partial charge is 0.301 e. The van der Waals surface area contributed by atoms with E-state index in [4.69, 9.17) is 0 Å². The van der Waals surface area contributed by atoms with E-state index in [0.717, 1.165) is 34.9 Å². The van der Waals surface area contributed by atoms with Gasteiger partial charge in [-0.1, -0.05) is 42.1 Å². The molecule has 122 valence electrons. The lowest BCUT2D eigenvalue weighted by Crippen LogP contribution is -2.13. The highest BCUT2D eigenvalue weighted by Gasteiger charge is 2.14. The van der Waals surface area contributed by atoms with Crippen molar-refractivity contribution in [2.24, 2.45) is 0 Å². The van der Waals surface area contributed by atoms with E-state index >= 15 is 0 Å². The summed E-state index contributed by atoms with van der Waals surface area (Å²) in [7, 11) is 0. The minimum absolute atomic E-state index is 0.0689. The summed E-state index contributed by atoms with van der Waals surface area (Å²) in [4.78, 5) is 29.9. The van der Waals surface area contributed by atoms with Crippen molar-refractivity contribution >= 4 is 39.1 Å². The van der Waals surface area contributed by atoms with E-state index in [1.165, 1.54) is 0 Å². The number of thioether (sulfide) groups is 1. The van der Waals surface area contributed by atoms with Crippen LogP contribution < -0.4 is 5.32 Å². The summed E-state index contributed by atoms with van der Waals surface area (Å²) < 4.78 is 0. The van der Waals surface area contributed by atoms with Gasteiger partial charge in [-0.2, -0.15) is 0 Å². The number of H-pyrrole nitrogens is 1. The van der Waals surface area contributed by atoms with E-state index in [2.05, 4.69) is 25.5 Å². The maximum atomic E-state index is 11.8. The van der Waals surface area contributed by atoms with Crippen LogP contribution in [0.4, 0.5) is 10.1 Å². The molecule has 1 amide bonds. The Morgan fingerprint density at radius 2 is 2.17 bits per heavy atom. The number of amides is 1. The average molecular weight is 362 g/mol. The van der Waals surface area contributed by atoms with Gasteiger partial charge in [-0.05, 0) is 11.3 Å². The lowest BCUT2D eigenvalue weighted by Gasteiger charge is -1.98. The zero-order valence-corrected chi connectivity index (χ0v) is 13.6. The Morgan fingerprint density at radius 3 is 2.88 bits per heavy atom. The summed E-state index contributed by atoms with van der Waals surface area (Å²) >= 11 is 1.96. The standard InChI is InChI=1S/C13H10N6O3S2/c20-9(15-12-14-6-10(24-12)19(21)22)7-23-13-16-11(17-18-13)8-4-2-1-3-5-8/h1-6H,7H2,(H,14,15,20)(H,16,17,18). The third-order valence-electron chi connectivity index (χ3n) is 2.76. The van der Waals surface area contributed by atoms with Crippen molar-refractivity contribution in [2.45, 2.75) is 5.16 Å². The molecular weight excluding hydrogens is 352 g/mol. The molecule has 2 heterocycles. The van der Waals surface area contributed by atoms with E-state index in [9.17, 15) is 14.9 Å². The highest BCUT2D eigenvalue weighted by Crippen LogP contribution is 2.25. The molecule has 2 aromatic heterocycles. The van der Waals surface area contributed by atoms with Gasteiger partial charge in [0.2, 0.25) is 11.1 Å². The molecule has 0 aliphatic rings. The van der Waals surface area contributed by atoms with Gasteiger partial charge in [0, 0.05) is 5.56 Å². The number of aromatic amines is 1. The molecule has 9 nitrogen and oxygen atoms in total. The van der Waals surface area contributed by atoms with Crippen molar-refractivity contribution in [2.75, 3.05) is 11.1 Å². The van der Waals surface area contributed by atoms with E-state index in [1.54, 1.807) is 0 Å². The van der Waals surface area contributed by atoms with Crippen molar-refractivity contribution in [1.29, 1.82) is 0 Å². The van der Waals surface area contributed by atoms with Crippen molar-refractivity contribution in [3.8, 4) is 11.4 Å². The minimum Gasteiger partial charge on any atom is -0.301 e. The Bertz CT molecular complexity index is 863. The SMILES string of the molecule is O=C(CSc1n[nH]c(-c2ccccc2)n1)Nc1ncc([N+](=O)[O-])s1. The Labute approximate surface area is 143 Å². The maximum absolute atomic E-state index is 11.8. The first-order valence-corrected chi connectivity index (χ1v) is 8.43. The molecule has 0 fully saturated rings. The first-order valence-electron chi connectivity index (χ1n) is 6.62. The van der Waals surface area contributed by atoms with Gasteiger partial charge in [0.05, 0.1) is 10.7 Å². The van der Waals surface area contributed by atoms with Crippen LogP contribution in [0.1, 0.15) is 0 Å². The molecule has 24 heavy (non-hydrogen) atoms. The fourth-order valence-corrected chi connectivity index (χ4v) is 2.98. The largest absolute Gasteiger partial charge is 0.345 e. The van der Waals surface area contributed by atoms with Gasteiger partial charge in [-0.25, -0.2) is 9.97 Å². The predicted molar refractivity (Wildman–Crippen MR) is 89.9 cm³/mol. The quantitative estimate of drug-likeness (QED) is 0.392. The number of nitrogens with zero attached hydrogens (tertiary/aromatic N) is 4. The third kappa shape index (κ3) is 3.94. The molecule has 0 aliphatic carbocycles. The Morgan fingerprint density at radius 1 is 1.38 bits per heavy atom. The molecule has 2 N–H and O–H groups in total. The summed E-state index contributed by atoms with van der Waals surface area (Å²) in [5.74, 6) is 0.351. The van der Waals surface area contributed by atoms with Crippen molar-refractivity contribution in [3.63, 3.8) is 0 Å². The van der Waals surface area contributed by atoms with Gasteiger partial charge in [0.15, 0.2) is 11.0 Å². The topological polar surface area (TPSA) is 127 Å². The summed E-state index contributed by atoms with van der Waals surface area (Å²) in [6.07, 6.45) is 1.11. The zero-order valence-electron chi connectivity index (χ0n) is 12.0. The summed E-state index contributed by atoms with van der Waals surface area (Å²) in [5.41, 5.74) is 0.899. The average Bonchev–Trinajstić information content (AvgIpc) is 3.23. The number of hydrogen-bond acceptors (Lipinski definition) is 8. The number of benzene rings is 1. The van der Waals surface area contributed by atoms with Crippen LogP contribution in [0.5, 0.6) is 0 Å². The fraction of sp³-hybridized carbons (Fsp3) is 0.0769. The van der Waals surface area contributed by atoms with Crippen LogP contribution in [0.25, 0.3) is 11.4 Å². The lowest BCUT2D eigenvalue weighted by atomic mass is 10.2. The second kappa shape index (κ2) is 7.19. The first-order chi connectivity index (χ1) is 11.6. The number of aromatic nitrogens is 4. The molecule has 0 atom stereocenters. The molecule has 3 rings (SSSR count). The number of hydrogen-bond donors (Lipinski definition) is 2. The highest BCUT2D eigenvalue weighted by molar-refractivity contribution is 7.99. The number of carbonyl (C=O) groups excluding carboxylic acids is 1. The van der Waals surface area contributed by atoms with Crippen LogP contribution in [0.2, 0.25) is 0 Å². The summed E-state index contributed by atoms with van der Waals surface area (Å²) in [6.45, 7) is 0. The number of carbonyl (C=O) groups is 1. The van der Waals surface area contributed by atoms with E-state index in [1.807, 2.05) is 30.3 Å². The number of nitrogens with one attached hydrogen (secondary N) is 2. The Balaban J connectivity index is 1.54. The highest BCUT2D eigenvalue weighted by atomic mass is 32.2. The number of nitro groups is 1. The monoisotopic (exact) mass is 362 g/mol. The molecule has 1 aromatic carbocycles. The van der Waals surface area contributed by atoms with Gasteiger partial charge in [0.1, 0.15) is 6.20 Å². The van der Waals surface area contributed by atoms with Gasteiger partial charge in [-0.15, -0.1) is 5.10 Å². The van der Waals surface area contributed by atoms with Gasteiger partial charge in [-0.3, -0.25) is 20.0 Å². The molecular formula is C13H10N6O3S2. The van der Waals surface area contributed by atoms with E-state index < -0.39 is 4.92 Å². The van der Waals surface area contributed by atoms with Crippen molar-refractivity contribution in [1.82, 2.24) is 20.2 Å². The molecule has 11 heteroatoms. The lowest BCUT2D eigenvalue weighted by molar-refractivity contribution is -0.380. The molecule has 0 spiro atoms. The minimum atomic E-state index is -0.555. The molecule has 0 aliphatic heterocycles. The third-order valence-corrected chi connectivity index (χ3v) is 4.48. The molecule has 3 aromatic rings. The summed E-state index contributed by atoms with van der Waals surface area (Å²) in [5, 5.41) is 20.4. The van der Waals surface area contributed by atoms with Gasteiger partial charge >= 0.3 is 5.00 Å². The number of rotatable bonds is 6. The van der Waals surface area contributed by atoms with Gasteiger partial charge < -0.3 is 5.32 Å². The predicted octanol–water partition coefficient (Wildman–Crippen LogP) is 2.57. The van der Waals surface area contributed by atoms with Crippen molar-refractivity contribution < 1.29 is 9.72 Å². The second-order valence-corrected chi connectivity index (χ2v) is 6.38. The number of thiazole rings is 1.